The topological polar surface area (TPSA) is 66.4 Å². The highest BCUT2D eigenvalue weighted by atomic mass is 19.4. The number of carbonyl (C=O) groups is 2. The number of carboxylic acids is 1. The van der Waals surface area contributed by atoms with Gasteiger partial charge in [0.1, 0.15) is 6.04 Å². The normalized spacial score (nSPS) is 22.0. The van der Waals surface area contributed by atoms with Crippen LogP contribution in [0.5, 0.6) is 0 Å². The van der Waals surface area contributed by atoms with Crippen molar-refractivity contribution in [3.63, 3.8) is 0 Å². The molecule has 0 spiro atoms. The quantitative estimate of drug-likeness (QED) is 0.878. The zero-order valence-corrected chi connectivity index (χ0v) is 11.9. The average molecular weight is 315 g/mol. The van der Waals surface area contributed by atoms with Gasteiger partial charge in [-0.05, 0) is 30.4 Å². The molecule has 0 saturated heterocycles. The third-order valence-corrected chi connectivity index (χ3v) is 3.82. The van der Waals surface area contributed by atoms with E-state index in [2.05, 4.69) is 5.32 Å². The minimum absolute atomic E-state index is 0.0959. The van der Waals surface area contributed by atoms with E-state index >= 15 is 0 Å². The van der Waals surface area contributed by atoms with Crippen LogP contribution in [-0.4, -0.2) is 23.0 Å². The summed E-state index contributed by atoms with van der Waals surface area (Å²) in [6.45, 7) is 1.61. The van der Waals surface area contributed by atoms with Crippen molar-refractivity contribution in [2.45, 2.75) is 37.9 Å². The molecular formula is C15H16F3NO3. The molecule has 3 atom stereocenters. The highest BCUT2D eigenvalue weighted by molar-refractivity contribution is 5.87. The van der Waals surface area contributed by atoms with E-state index in [0.717, 1.165) is 6.07 Å². The molecule has 0 aliphatic heterocycles. The van der Waals surface area contributed by atoms with E-state index in [0.29, 0.717) is 6.42 Å². The number of hydrogen-bond acceptors (Lipinski definition) is 2. The molecule has 120 valence electrons. The fraction of sp³-hybridized carbons (Fsp3) is 0.467. The van der Waals surface area contributed by atoms with E-state index in [1.807, 2.05) is 0 Å². The second kappa shape index (κ2) is 5.98. The van der Waals surface area contributed by atoms with Crippen LogP contribution in [0.2, 0.25) is 0 Å². The number of rotatable bonds is 5. The number of halogens is 3. The second-order valence-electron chi connectivity index (χ2n) is 5.34. The molecule has 0 heterocycles. The Morgan fingerprint density at radius 1 is 1.36 bits per heavy atom. The first kappa shape index (κ1) is 16.3. The summed E-state index contributed by atoms with van der Waals surface area (Å²) in [6.07, 6.45) is -3.94. The zero-order valence-electron chi connectivity index (χ0n) is 11.9. The van der Waals surface area contributed by atoms with Crippen LogP contribution in [0, 0.1) is 5.92 Å². The first-order chi connectivity index (χ1) is 10.3. The van der Waals surface area contributed by atoms with Gasteiger partial charge in [-0.25, -0.2) is 4.79 Å². The van der Waals surface area contributed by atoms with Crippen molar-refractivity contribution in [2.75, 3.05) is 0 Å². The fourth-order valence-corrected chi connectivity index (χ4v) is 2.52. The lowest BCUT2D eigenvalue weighted by Crippen LogP contribution is -2.41. The van der Waals surface area contributed by atoms with Gasteiger partial charge in [0.05, 0.1) is 5.56 Å². The predicted octanol–water partition coefficient (Wildman–Crippen LogP) is 2.79. The van der Waals surface area contributed by atoms with Crippen molar-refractivity contribution in [2.24, 2.45) is 5.92 Å². The van der Waals surface area contributed by atoms with E-state index in [1.54, 1.807) is 6.92 Å². The maximum atomic E-state index is 13.0. The van der Waals surface area contributed by atoms with E-state index in [4.69, 9.17) is 5.11 Å². The van der Waals surface area contributed by atoms with E-state index < -0.39 is 41.5 Å². The molecule has 22 heavy (non-hydrogen) atoms. The van der Waals surface area contributed by atoms with Gasteiger partial charge >= 0.3 is 12.1 Å². The number of hydrogen-bond donors (Lipinski definition) is 2. The number of alkyl halides is 3. The van der Waals surface area contributed by atoms with Crippen LogP contribution >= 0.6 is 0 Å². The molecule has 1 aromatic rings. The lowest BCUT2D eigenvalue weighted by Gasteiger charge is -2.14. The Morgan fingerprint density at radius 2 is 2.00 bits per heavy atom. The molecule has 1 amide bonds. The molecule has 1 saturated carbocycles. The number of carbonyl (C=O) groups excluding carboxylic acids is 1. The van der Waals surface area contributed by atoms with Crippen LogP contribution in [0.25, 0.3) is 0 Å². The van der Waals surface area contributed by atoms with Gasteiger partial charge in [0.15, 0.2) is 0 Å². The highest BCUT2D eigenvalue weighted by Gasteiger charge is 2.48. The summed E-state index contributed by atoms with van der Waals surface area (Å²) in [4.78, 5) is 22.9. The van der Waals surface area contributed by atoms with Gasteiger partial charge in [0.25, 0.3) is 0 Å². The second-order valence-corrected chi connectivity index (χ2v) is 5.34. The summed E-state index contributed by atoms with van der Waals surface area (Å²) in [7, 11) is 0. The predicted molar refractivity (Wildman–Crippen MR) is 72.1 cm³/mol. The standard InChI is InChI=1S/C15H16F3NO3/c1-2-12(14(21)22)19-13(20)10-7-9(10)8-5-3-4-6-11(8)15(16,17)18/h3-6,9-10,12H,2,7H2,1H3,(H,19,20)(H,21,22). The summed E-state index contributed by atoms with van der Waals surface area (Å²) in [5.41, 5.74) is -0.640. The Morgan fingerprint density at radius 3 is 2.55 bits per heavy atom. The monoisotopic (exact) mass is 315 g/mol. The maximum absolute atomic E-state index is 13.0. The Bertz CT molecular complexity index is 586. The molecule has 0 radical (unpaired) electrons. The first-order valence-electron chi connectivity index (χ1n) is 6.95. The van der Waals surface area contributed by atoms with Crippen LogP contribution in [0.4, 0.5) is 13.2 Å². The largest absolute Gasteiger partial charge is 0.480 e. The molecule has 2 rings (SSSR count). The SMILES string of the molecule is CCC(NC(=O)C1CC1c1ccccc1C(F)(F)F)C(=O)O. The lowest BCUT2D eigenvalue weighted by molar-refractivity contribution is -0.142. The lowest BCUT2D eigenvalue weighted by atomic mass is 10.0. The third-order valence-electron chi connectivity index (χ3n) is 3.82. The third kappa shape index (κ3) is 3.40. The Labute approximate surface area is 125 Å². The first-order valence-corrected chi connectivity index (χ1v) is 6.95. The molecule has 4 nitrogen and oxygen atoms in total. The van der Waals surface area contributed by atoms with Crippen LogP contribution in [0.1, 0.15) is 36.8 Å². The zero-order chi connectivity index (χ0) is 16.5. The van der Waals surface area contributed by atoms with E-state index in [1.165, 1.54) is 18.2 Å². The summed E-state index contributed by atoms with van der Waals surface area (Å²) in [5, 5.41) is 11.3. The molecule has 7 heteroatoms. The Hall–Kier alpha value is -2.05. The molecular weight excluding hydrogens is 299 g/mol. The summed E-state index contributed by atoms with van der Waals surface area (Å²) in [6, 6.07) is 4.17. The molecule has 3 unspecified atom stereocenters. The van der Waals surface area contributed by atoms with Gasteiger partial charge in [-0.1, -0.05) is 25.1 Å². The average Bonchev–Trinajstić information content (AvgIpc) is 3.23. The van der Waals surface area contributed by atoms with Crippen molar-refractivity contribution in [3.05, 3.63) is 35.4 Å². The van der Waals surface area contributed by atoms with Crippen molar-refractivity contribution in [1.82, 2.24) is 5.32 Å². The summed E-state index contributed by atoms with van der Waals surface area (Å²) < 4.78 is 38.9. The minimum Gasteiger partial charge on any atom is -0.480 e. The van der Waals surface area contributed by atoms with Gasteiger partial charge in [0.2, 0.25) is 5.91 Å². The van der Waals surface area contributed by atoms with E-state index in [9.17, 15) is 22.8 Å². The number of carboxylic acid groups (broad SMARTS) is 1. The fourth-order valence-electron chi connectivity index (χ4n) is 2.52. The van der Waals surface area contributed by atoms with Crippen molar-refractivity contribution in [1.29, 1.82) is 0 Å². The van der Waals surface area contributed by atoms with Gasteiger partial charge in [-0.2, -0.15) is 13.2 Å². The molecule has 1 aromatic carbocycles. The molecule has 1 aliphatic carbocycles. The minimum atomic E-state index is -4.47. The van der Waals surface area contributed by atoms with Crippen molar-refractivity contribution in [3.8, 4) is 0 Å². The van der Waals surface area contributed by atoms with Gasteiger partial charge in [-0.3, -0.25) is 4.79 Å². The molecule has 0 bridgehead atoms. The number of benzene rings is 1. The highest BCUT2D eigenvalue weighted by Crippen LogP contribution is 2.51. The van der Waals surface area contributed by atoms with Gasteiger partial charge < -0.3 is 10.4 Å². The van der Waals surface area contributed by atoms with Gasteiger partial charge in [0, 0.05) is 5.92 Å². The number of nitrogens with one attached hydrogen (secondary N) is 1. The molecule has 1 aliphatic rings. The number of aliphatic carboxylic acids is 1. The van der Waals surface area contributed by atoms with Crippen LogP contribution in [0.3, 0.4) is 0 Å². The smallest absolute Gasteiger partial charge is 0.416 e. The van der Waals surface area contributed by atoms with Crippen LogP contribution in [-0.2, 0) is 15.8 Å². The van der Waals surface area contributed by atoms with Crippen molar-refractivity contribution >= 4 is 11.9 Å². The van der Waals surface area contributed by atoms with Crippen molar-refractivity contribution < 1.29 is 27.9 Å². The number of amides is 1. The summed E-state index contributed by atoms with van der Waals surface area (Å²) in [5.74, 6) is -2.76. The van der Waals surface area contributed by atoms with Crippen LogP contribution < -0.4 is 5.32 Å². The van der Waals surface area contributed by atoms with Gasteiger partial charge in [-0.15, -0.1) is 0 Å². The Kier molecular flexibility index (Phi) is 4.44. The van der Waals surface area contributed by atoms with E-state index in [-0.39, 0.29) is 12.0 Å². The molecule has 0 aromatic heterocycles. The molecule has 2 N–H and O–H groups in total. The maximum Gasteiger partial charge on any atom is 0.416 e. The molecule has 1 fully saturated rings. The van der Waals surface area contributed by atoms with Crippen LogP contribution in [0.15, 0.2) is 24.3 Å². The summed E-state index contributed by atoms with van der Waals surface area (Å²) >= 11 is 0. The Balaban J connectivity index is 2.10.